The van der Waals surface area contributed by atoms with Crippen LogP contribution in [-0.2, 0) is 4.74 Å². The quantitative estimate of drug-likeness (QED) is 0.783. The molecule has 3 aromatic rings. The molecule has 6 heteroatoms. The van der Waals surface area contributed by atoms with Crippen molar-refractivity contribution in [1.29, 1.82) is 0 Å². The van der Waals surface area contributed by atoms with E-state index < -0.39 is 6.09 Å². The Bertz CT molecular complexity index is 1020. The van der Waals surface area contributed by atoms with Crippen LogP contribution in [0.4, 0.5) is 16.2 Å². The number of nitrogens with zero attached hydrogens (tertiary/aromatic N) is 2. The zero-order valence-corrected chi connectivity index (χ0v) is 14.2. The number of para-hydroxylation sites is 3. The van der Waals surface area contributed by atoms with Gasteiger partial charge >= 0.3 is 6.09 Å². The third-order valence-electron chi connectivity index (χ3n) is 4.29. The van der Waals surface area contributed by atoms with Crippen molar-refractivity contribution in [1.82, 2.24) is 4.98 Å². The predicted octanol–water partition coefficient (Wildman–Crippen LogP) is 3.75. The van der Waals surface area contributed by atoms with Crippen LogP contribution >= 0.6 is 0 Å². The summed E-state index contributed by atoms with van der Waals surface area (Å²) in [6, 6.07) is 16.5. The topological polar surface area (TPSA) is 71.5 Å². The van der Waals surface area contributed by atoms with Crippen LogP contribution in [0.15, 0.2) is 54.6 Å². The van der Waals surface area contributed by atoms with Gasteiger partial charge in [-0.3, -0.25) is 14.7 Å². The first-order valence-electron chi connectivity index (χ1n) is 8.34. The number of cyclic esters (lactones) is 1. The lowest BCUT2D eigenvalue weighted by Gasteiger charge is -2.18. The number of carbonyl (C=O) groups excluding carboxylic acids is 2. The molecular formula is C20H17N3O3. The zero-order valence-electron chi connectivity index (χ0n) is 14.2. The number of benzene rings is 2. The number of nitrogens with one attached hydrogen (secondary N) is 1. The highest BCUT2D eigenvalue weighted by atomic mass is 16.6. The van der Waals surface area contributed by atoms with E-state index in [4.69, 9.17) is 4.74 Å². The molecule has 1 saturated heterocycles. The van der Waals surface area contributed by atoms with Crippen LogP contribution < -0.4 is 10.2 Å². The van der Waals surface area contributed by atoms with Crippen molar-refractivity contribution >= 4 is 34.3 Å². The van der Waals surface area contributed by atoms with E-state index in [1.54, 1.807) is 18.2 Å². The highest BCUT2D eigenvalue weighted by Crippen LogP contribution is 2.29. The molecule has 1 aliphatic rings. The van der Waals surface area contributed by atoms with Crippen molar-refractivity contribution in [3.63, 3.8) is 0 Å². The SMILES string of the molecule is Cc1cc(C(=O)Nc2ccccc2N2CCOC2=O)c2ccccc2n1. The minimum absolute atomic E-state index is 0.244. The molecule has 0 spiro atoms. The molecule has 1 aromatic heterocycles. The first kappa shape index (κ1) is 16.1. The number of hydrogen-bond acceptors (Lipinski definition) is 4. The molecule has 130 valence electrons. The second-order valence-electron chi connectivity index (χ2n) is 6.07. The number of amides is 2. The lowest BCUT2D eigenvalue weighted by molar-refractivity contribution is 0.102. The molecule has 2 heterocycles. The van der Waals surface area contributed by atoms with Gasteiger partial charge in [0.25, 0.3) is 5.91 Å². The first-order valence-corrected chi connectivity index (χ1v) is 8.34. The fourth-order valence-electron chi connectivity index (χ4n) is 3.11. The van der Waals surface area contributed by atoms with Gasteiger partial charge in [0.2, 0.25) is 0 Å². The molecule has 4 rings (SSSR count). The monoisotopic (exact) mass is 347 g/mol. The maximum absolute atomic E-state index is 13.0. The van der Waals surface area contributed by atoms with Gasteiger partial charge in [0.15, 0.2) is 0 Å². The average Bonchev–Trinajstić information content (AvgIpc) is 3.07. The number of carbonyl (C=O) groups is 2. The van der Waals surface area contributed by atoms with E-state index in [0.29, 0.717) is 30.1 Å². The molecule has 0 unspecified atom stereocenters. The second-order valence-corrected chi connectivity index (χ2v) is 6.07. The molecule has 2 aromatic carbocycles. The molecule has 1 fully saturated rings. The standard InChI is InChI=1S/C20H17N3O3/c1-13-12-15(14-6-2-3-7-16(14)21-13)19(24)22-17-8-4-5-9-18(17)23-10-11-26-20(23)25/h2-9,12H,10-11H2,1H3,(H,22,24). The van der Waals surface area contributed by atoms with E-state index in [0.717, 1.165) is 16.6 Å². The Morgan fingerprint density at radius 3 is 2.73 bits per heavy atom. The third kappa shape index (κ3) is 2.86. The summed E-state index contributed by atoms with van der Waals surface area (Å²) in [6.07, 6.45) is -0.406. The fourth-order valence-corrected chi connectivity index (χ4v) is 3.11. The van der Waals surface area contributed by atoms with E-state index in [9.17, 15) is 9.59 Å². The Morgan fingerprint density at radius 1 is 1.15 bits per heavy atom. The highest BCUT2D eigenvalue weighted by Gasteiger charge is 2.26. The van der Waals surface area contributed by atoms with Gasteiger partial charge in [0.05, 0.1) is 29.0 Å². The van der Waals surface area contributed by atoms with Crippen molar-refractivity contribution in [3.8, 4) is 0 Å². The van der Waals surface area contributed by atoms with E-state index in [2.05, 4.69) is 10.3 Å². The molecule has 6 nitrogen and oxygen atoms in total. The van der Waals surface area contributed by atoms with Crippen LogP contribution in [0.25, 0.3) is 10.9 Å². The second kappa shape index (κ2) is 6.48. The normalized spacial score (nSPS) is 13.7. The number of fused-ring (bicyclic) bond motifs is 1. The summed E-state index contributed by atoms with van der Waals surface area (Å²) in [7, 11) is 0. The van der Waals surface area contributed by atoms with Crippen molar-refractivity contribution in [3.05, 3.63) is 65.9 Å². The van der Waals surface area contributed by atoms with Gasteiger partial charge in [-0.05, 0) is 31.2 Å². The Kier molecular flexibility index (Phi) is 4.01. The van der Waals surface area contributed by atoms with Gasteiger partial charge in [-0.15, -0.1) is 0 Å². The summed E-state index contributed by atoms with van der Waals surface area (Å²) in [5.41, 5.74) is 3.28. The Morgan fingerprint density at radius 2 is 1.92 bits per heavy atom. The van der Waals surface area contributed by atoms with Crippen LogP contribution in [-0.4, -0.2) is 30.1 Å². The smallest absolute Gasteiger partial charge is 0.414 e. The van der Waals surface area contributed by atoms with Crippen LogP contribution in [0.2, 0.25) is 0 Å². The highest BCUT2D eigenvalue weighted by molar-refractivity contribution is 6.13. The average molecular weight is 347 g/mol. The minimum atomic E-state index is -0.406. The van der Waals surface area contributed by atoms with E-state index in [1.807, 2.05) is 43.3 Å². The lowest BCUT2D eigenvalue weighted by Crippen LogP contribution is -2.25. The number of pyridine rings is 1. The van der Waals surface area contributed by atoms with Crippen LogP contribution in [0.3, 0.4) is 0 Å². The van der Waals surface area contributed by atoms with Crippen LogP contribution in [0.5, 0.6) is 0 Å². The number of ether oxygens (including phenoxy) is 1. The molecule has 0 aliphatic carbocycles. The molecule has 1 aliphatic heterocycles. The predicted molar refractivity (Wildman–Crippen MR) is 99.6 cm³/mol. The van der Waals surface area contributed by atoms with Gasteiger partial charge < -0.3 is 10.1 Å². The Labute approximate surface area is 150 Å². The molecule has 0 atom stereocenters. The maximum Gasteiger partial charge on any atom is 0.414 e. The summed E-state index contributed by atoms with van der Waals surface area (Å²) in [5.74, 6) is -0.244. The molecule has 2 amide bonds. The van der Waals surface area contributed by atoms with Crippen molar-refractivity contribution in [2.45, 2.75) is 6.92 Å². The molecule has 0 radical (unpaired) electrons. The van der Waals surface area contributed by atoms with E-state index in [1.165, 1.54) is 4.90 Å². The summed E-state index contributed by atoms with van der Waals surface area (Å²) >= 11 is 0. The van der Waals surface area contributed by atoms with E-state index in [-0.39, 0.29) is 5.91 Å². The number of rotatable bonds is 3. The van der Waals surface area contributed by atoms with Crippen molar-refractivity contribution < 1.29 is 14.3 Å². The Hall–Kier alpha value is -3.41. The largest absolute Gasteiger partial charge is 0.447 e. The van der Waals surface area contributed by atoms with Gasteiger partial charge in [0, 0.05) is 11.1 Å². The first-order chi connectivity index (χ1) is 12.6. The third-order valence-corrected chi connectivity index (χ3v) is 4.29. The maximum atomic E-state index is 13.0. The molecule has 1 N–H and O–H groups in total. The van der Waals surface area contributed by atoms with E-state index >= 15 is 0 Å². The number of anilines is 2. The summed E-state index contributed by atoms with van der Waals surface area (Å²) in [4.78, 5) is 30.8. The minimum Gasteiger partial charge on any atom is -0.447 e. The van der Waals surface area contributed by atoms with Crippen molar-refractivity contribution in [2.24, 2.45) is 0 Å². The number of hydrogen-bond donors (Lipinski definition) is 1. The van der Waals surface area contributed by atoms with Crippen molar-refractivity contribution in [2.75, 3.05) is 23.4 Å². The van der Waals surface area contributed by atoms with Gasteiger partial charge in [-0.2, -0.15) is 0 Å². The molecule has 0 bridgehead atoms. The summed E-state index contributed by atoms with van der Waals surface area (Å²) in [5, 5.41) is 3.71. The van der Waals surface area contributed by atoms with Gasteiger partial charge in [0.1, 0.15) is 6.61 Å². The molecular weight excluding hydrogens is 330 g/mol. The summed E-state index contributed by atoms with van der Waals surface area (Å²) in [6.45, 7) is 2.66. The fraction of sp³-hybridized carbons (Fsp3) is 0.150. The summed E-state index contributed by atoms with van der Waals surface area (Å²) < 4.78 is 5.00. The molecule has 26 heavy (non-hydrogen) atoms. The lowest BCUT2D eigenvalue weighted by atomic mass is 10.1. The zero-order chi connectivity index (χ0) is 18.1. The number of aromatic nitrogens is 1. The van der Waals surface area contributed by atoms with Crippen LogP contribution in [0, 0.1) is 6.92 Å². The van der Waals surface area contributed by atoms with Gasteiger partial charge in [-0.25, -0.2) is 4.79 Å². The molecule has 0 saturated carbocycles. The number of aryl methyl sites for hydroxylation is 1. The Balaban J connectivity index is 1.71. The van der Waals surface area contributed by atoms with Crippen LogP contribution in [0.1, 0.15) is 16.1 Å². The van der Waals surface area contributed by atoms with Gasteiger partial charge in [-0.1, -0.05) is 30.3 Å².